The van der Waals surface area contributed by atoms with E-state index in [0.717, 1.165) is 11.5 Å². The molecule has 1 aliphatic rings. The Kier molecular flexibility index (Phi) is 2.83. The first kappa shape index (κ1) is 11.0. The predicted octanol–water partition coefficient (Wildman–Crippen LogP) is 2.36. The van der Waals surface area contributed by atoms with Crippen molar-refractivity contribution in [1.82, 2.24) is 4.98 Å². The summed E-state index contributed by atoms with van der Waals surface area (Å²) in [6, 6.07) is 5.52. The average Bonchev–Trinajstić information content (AvgIpc) is 2.23. The third kappa shape index (κ3) is 2.02. The summed E-state index contributed by atoms with van der Waals surface area (Å²) in [5.41, 5.74) is 0.926. The summed E-state index contributed by atoms with van der Waals surface area (Å²) in [5, 5.41) is 11.4. The molecule has 0 aliphatic carbocycles. The van der Waals surface area contributed by atoms with Gasteiger partial charge < -0.3 is 5.11 Å². The van der Waals surface area contributed by atoms with Crippen molar-refractivity contribution in [2.24, 2.45) is 0 Å². The largest absolute Gasteiger partial charge is 0.510 e. The summed E-state index contributed by atoms with van der Waals surface area (Å²) in [4.78, 5) is 10.0. The highest BCUT2D eigenvalue weighted by Gasteiger charge is 2.27. The number of aromatic nitrogens is 1. The van der Waals surface area contributed by atoms with Gasteiger partial charge in [-0.25, -0.2) is 10.0 Å². The Morgan fingerprint density at radius 2 is 2.12 bits per heavy atom. The van der Waals surface area contributed by atoms with Crippen LogP contribution in [-0.4, -0.2) is 22.2 Å². The molecule has 4 heteroatoms. The summed E-state index contributed by atoms with van der Waals surface area (Å²) in [6.07, 6.45) is 1.57. The monoisotopic (exact) mass is 220 g/mol. The minimum absolute atomic E-state index is 0.140. The van der Waals surface area contributed by atoms with Crippen LogP contribution in [0.25, 0.3) is 0 Å². The highest BCUT2D eigenvalue weighted by atomic mass is 16.7. The molecule has 0 radical (unpaired) electrons. The second-order valence-corrected chi connectivity index (χ2v) is 4.04. The predicted molar refractivity (Wildman–Crippen MR) is 62.2 cm³/mol. The molecule has 0 fully saturated rings. The fraction of sp³-hybridized carbons (Fsp3) is 0.417. The van der Waals surface area contributed by atoms with Crippen molar-refractivity contribution in [1.29, 1.82) is 0 Å². The van der Waals surface area contributed by atoms with Crippen LogP contribution in [0.2, 0.25) is 0 Å². The molecule has 1 N–H and O–H groups in total. The van der Waals surface area contributed by atoms with Crippen molar-refractivity contribution in [3.63, 3.8) is 0 Å². The van der Waals surface area contributed by atoms with E-state index in [-0.39, 0.29) is 12.1 Å². The van der Waals surface area contributed by atoms with E-state index in [0.29, 0.717) is 5.76 Å². The van der Waals surface area contributed by atoms with E-state index in [1.807, 2.05) is 39.0 Å². The Morgan fingerprint density at radius 1 is 1.38 bits per heavy atom. The zero-order valence-electron chi connectivity index (χ0n) is 9.71. The molecule has 4 nitrogen and oxygen atoms in total. The van der Waals surface area contributed by atoms with Gasteiger partial charge in [-0.15, -0.1) is 0 Å². The number of nitrogens with zero attached hydrogens (tertiary/aromatic N) is 2. The molecule has 0 bridgehead atoms. The Labute approximate surface area is 95.1 Å². The topological polar surface area (TPSA) is 45.6 Å². The van der Waals surface area contributed by atoms with Crippen LogP contribution in [0.1, 0.15) is 19.5 Å². The molecule has 0 unspecified atom stereocenters. The lowest BCUT2D eigenvalue weighted by Gasteiger charge is -2.34. The zero-order chi connectivity index (χ0) is 11.7. The van der Waals surface area contributed by atoms with E-state index in [4.69, 9.17) is 4.84 Å². The SMILES string of the molecule is Cc1cccc(N2O[C@@H](C)C=C(O)[C@H]2C)n1. The third-order valence-electron chi connectivity index (χ3n) is 2.56. The van der Waals surface area contributed by atoms with Crippen LogP contribution in [0.3, 0.4) is 0 Å². The first-order chi connectivity index (χ1) is 7.58. The van der Waals surface area contributed by atoms with Crippen LogP contribution in [0.5, 0.6) is 0 Å². The Bertz CT molecular complexity index is 417. The van der Waals surface area contributed by atoms with Gasteiger partial charge in [0.1, 0.15) is 17.9 Å². The lowest BCUT2D eigenvalue weighted by atomic mass is 10.2. The average molecular weight is 220 g/mol. The minimum atomic E-state index is -0.203. The van der Waals surface area contributed by atoms with E-state index in [1.54, 1.807) is 11.1 Å². The van der Waals surface area contributed by atoms with E-state index < -0.39 is 0 Å². The van der Waals surface area contributed by atoms with Gasteiger partial charge in [-0.1, -0.05) is 6.07 Å². The number of aliphatic hydroxyl groups is 1. The number of aliphatic hydroxyl groups excluding tert-OH is 1. The van der Waals surface area contributed by atoms with Crippen LogP contribution >= 0.6 is 0 Å². The fourth-order valence-corrected chi connectivity index (χ4v) is 1.70. The molecule has 1 aliphatic heterocycles. The molecule has 86 valence electrons. The molecule has 0 aromatic carbocycles. The van der Waals surface area contributed by atoms with E-state index in [9.17, 15) is 5.11 Å². The van der Waals surface area contributed by atoms with Crippen molar-refractivity contribution >= 4 is 5.82 Å². The van der Waals surface area contributed by atoms with Crippen molar-refractivity contribution in [2.75, 3.05) is 5.06 Å². The maximum atomic E-state index is 9.76. The number of hydrogen-bond acceptors (Lipinski definition) is 4. The Morgan fingerprint density at radius 3 is 2.81 bits per heavy atom. The van der Waals surface area contributed by atoms with Gasteiger partial charge in [0.15, 0.2) is 5.82 Å². The molecule has 2 heterocycles. The number of anilines is 1. The maximum Gasteiger partial charge on any atom is 0.153 e. The van der Waals surface area contributed by atoms with Crippen molar-refractivity contribution < 1.29 is 9.94 Å². The summed E-state index contributed by atoms with van der Waals surface area (Å²) in [7, 11) is 0. The standard InChI is InChI=1S/C12H16N2O2/c1-8-5-4-6-12(13-8)14-10(3)11(15)7-9(2)16-14/h4-7,9-10,15H,1-3H3/t9-,10+/m0/s1. The van der Waals surface area contributed by atoms with Crippen LogP contribution in [0.15, 0.2) is 30.0 Å². The highest BCUT2D eigenvalue weighted by molar-refractivity contribution is 5.40. The molecule has 0 saturated heterocycles. The summed E-state index contributed by atoms with van der Waals surface area (Å²) in [6.45, 7) is 5.68. The van der Waals surface area contributed by atoms with E-state index in [1.165, 1.54) is 0 Å². The number of aryl methyl sites for hydroxylation is 1. The fourth-order valence-electron chi connectivity index (χ4n) is 1.70. The third-order valence-corrected chi connectivity index (χ3v) is 2.56. The van der Waals surface area contributed by atoms with Crippen LogP contribution < -0.4 is 5.06 Å². The second-order valence-electron chi connectivity index (χ2n) is 4.04. The van der Waals surface area contributed by atoms with Gasteiger partial charge in [-0.2, -0.15) is 0 Å². The van der Waals surface area contributed by atoms with Crippen LogP contribution in [0.4, 0.5) is 5.82 Å². The first-order valence-electron chi connectivity index (χ1n) is 5.38. The van der Waals surface area contributed by atoms with Gasteiger partial charge in [0.05, 0.1) is 0 Å². The summed E-state index contributed by atoms with van der Waals surface area (Å²) >= 11 is 0. The number of hydroxylamine groups is 1. The Balaban J connectivity index is 2.31. The maximum absolute atomic E-state index is 9.76. The lowest BCUT2D eigenvalue weighted by Crippen LogP contribution is -2.41. The molecular weight excluding hydrogens is 204 g/mol. The van der Waals surface area contributed by atoms with Gasteiger partial charge in [0, 0.05) is 5.69 Å². The van der Waals surface area contributed by atoms with Gasteiger partial charge in [-0.05, 0) is 39.0 Å². The first-order valence-corrected chi connectivity index (χ1v) is 5.38. The summed E-state index contributed by atoms with van der Waals surface area (Å²) in [5.74, 6) is 1.04. The van der Waals surface area contributed by atoms with E-state index >= 15 is 0 Å². The Hall–Kier alpha value is -1.55. The summed E-state index contributed by atoms with van der Waals surface area (Å²) < 4.78 is 0. The number of pyridine rings is 1. The molecule has 2 atom stereocenters. The quantitative estimate of drug-likeness (QED) is 0.789. The number of rotatable bonds is 1. The van der Waals surface area contributed by atoms with Crippen molar-refractivity contribution in [3.05, 3.63) is 35.7 Å². The van der Waals surface area contributed by atoms with Crippen molar-refractivity contribution in [2.45, 2.75) is 32.9 Å². The highest BCUT2D eigenvalue weighted by Crippen LogP contribution is 2.24. The molecular formula is C12H16N2O2. The second kappa shape index (κ2) is 4.14. The number of hydrogen-bond donors (Lipinski definition) is 1. The molecule has 16 heavy (non-hydrogen) atoms. The van der Waals surface area contributed by atoms with Crippen LogP contribution in [0, 0.1) is 6.92 Å². The minimum Gasteiger partial charge on any atom is -0.510 e. The zero-order valence-corrected chi connectivity index (χ0v) is 9.71. The van der Waals surface area contributed by atoms with Crippen molar-refractivity contribution in [3.8, 4) is 0 Å². The van der Waals surface area contributed by atoms with Gasteiger partial charge >= 0.3 is 0 Å². The van der Waals surface area contributed by atoms with Gasteiger partial charge in [-0.3, -0.25) is 4.84 Å². The van der Waals surface area contributed by atoms with E-state index in [2.05, 4.69) is 4.98 Å². The normalized spacial score (nSPS) is 25.4. The smallest absolute Gasteiger partial charge is 0.153 e. The molecule has 1 aromatic rings. The van der Waals surface area contributed by atoms with Gasteiger partial charge in [0.25, 0.3) is 0 Å². The molecule has 2 rings (SSSR count). The van der Waals surface area contributed by atoms with Crippen LogP contribution in [-0.2, 0) is 4.84 Å². The lowest BCUT2D eigenvalue weighted by molar-refractivity contribution is 0.0363. The molecule has 0 saturated carbocycles. The molecule has 0 amide bonds. The van der Waals surface area contributed by atoms with Gasteiger partial charge in [0.2, 0.25) is 0 Å². The molecule has 1 aromatic heterocycles. The molecule has 0 spiro atoms.